The number of benzene rings is 2. The van der Waals surface area contributed by atoms with Gasteiger partial charge in [0.05, 0.1) is 17.3 Å². The van der Waals surface area contributed by atoms with E-state index in [9.17, 15) is 14.7 Å². The first-order chi connectivity index (χ1) is 15.0. The number of carbonyl (C=O) groups excluding carboxylic acids is 1. The van der Waals surface area contributed by atoms with Crippen LogP contribution in [0.15, 0.2) is 92.7 Å². The molecule has 8 heteroatoms. The Labute approximate surface area is 182 Å². The van der Waals surface area contributed by atoms with Crippen LogP contribution in [0.3, 0.4) is 0 Å². The summed E-state index contributed by atoms with van der Waals surface area (Å²) in [6.45, 7) is 2.00. The first kappa shape index (κ1) is 20.4. The number of aryl methyl sites for hydroxylation is 1. The van der Waals surface area contributed by atoms with E-state index in [0.717, 1.165) is 10.5 Å². The Hall–Kier alpha value is -3.91. The zero-order valence-corrected chi connectivity index (χ0v) is 17.3. The third-order valence-electron chi connectivity index (χ3n) is 4.48. The molecule has 2 heterocycles. The molecule has 2 aromatic heterocycles. The fourth-order valence-electron chi connectivity index (χ4n) is 2.87. The minimum atomic E-state index is -0.587. The monoisotopic (exact) mass is 430 g/mol. The summed E-state index contributed by atoms with van der Waals surface area (Å²) < 4.78 is 1.42. The third kappa shape index (κ3) is 4.49. The van der Waals surface area contributed by atoms with E-state index in [1.807, 2.05) is 37.3 Å². The number of nitrogens with zero attached hydrogens (tertiary/aromatic N) is 3. The van der Waals surface area contributed by atoms with Crippen LogP contribution in [-0.4, -0.2) is 26.6 Å². The molecule has 0 saturated heterocycles. The molecule has 0 fully saturated rings. The van der Waals surface area contributed by atoms with Crippen LogP contribution in [0.5, 0.6) is 5.75 Å². The average molecular weight is 430 g/mol. The van der Waals surface area contributed by atoms with Crippen molar-refractivity contribution >= 4 is 29.5 Å². The zero-order chi connectivity index (χ0) is 21.8. The number of carbonyl (C=O) groups is 1. The Morgan fingerprint density at radius 2 is 1.84 bits per heavy atom. The normalized spacial score (nSPS) is 11.1. The summed E-state index contributed by atoms with van der Waals surface area (Å²) in [5.74, 6) is -0.741. The minimum absolute atomic E-state index is 0.0854. The molecule has 0 radical (unpaired) electrons. The number of fused-ring (bicyclic) bond motifs is 1. The van der Waals surface area contributed by atoms with Crippen LogP contribution in [-0.2, 0) is 0 Å². The van der Waals surface area contributed by atoms with Crippen molar-refractivity contribution in [3.8, 4) is 5.75 Å². The van der Waals surface area contributed by atoms with Gasteiger partial charge in [0, 0.05) is 11.1 Å². The highest BCUT2D eigenvalue weighted by molar-refractivity contribution is 7.99. The molecule has 2 aromatic carbocycles. The summed E-state index contributed by atoms with van der Waals surface area (Å²) >= 11 is 1.34. The predicted octanol–water partition coefficient (Wildman–Crippen LogP) is 3.62. The van der Waals surface area contributed by atoms with Crippen LogP contribution in [0.4, 0.5) is 0 Å². The van der Waals surface area contributed by atoms with E-state index >= 15 is 0 Å². The molecule has 154 valence electrons. The van der Waals surface area contributed by atoms with Crippen LogP contribution in [0.2, 0.25) is 0 Å². The van der Waals surface area contributed by atoms with E-state index in [1.54, 1.807) is 30.5 Å². The van der Waals surface area contributed by atoms with Gasteiger partial charge in [-0.3, -0.25) is 14.0 Å². The van der Waals surface area contributed by atoms with Crippen molar-refractivity contribution in [3.63, 3.8) is 0 Å². The predicted molar refractivity (Wildman–Crippen MR) is 120 cm³/mol. The molecule has 31 heavy (non-hydrogen) atoms. The van der Waals surface area contributed by atoms with Gasteiger partial charge in [-0.2, -0.15) is 5.10 Å². The average Bonchev–Trinajstić information content (AvgIpc) is 2.77. The first-order valence-corrected chi connectivity index (χ1v) is 10.2. The van der Waals surface area contributed by atoms with Gasteiger partial charge in [0.2, 0.25) is 0 Å². The highest BCUT2D eigenvalue weighted by Crippen LogP contribution is 2.27. The highest BCUT2D eigenvalue weighted by atomic mass is 32.2. The van der Waals surface area contributed by atoms with Crippen molar-refractivity contribution < 1.29 is 9.90 Å². The molecule has 0 spiro atoms. The van der Waals surface area contributed by atoms with E-state index < -0.39 is 5.91 Å². The van der Waals surface area contributed by atoms with Crippen LogP contribution in [0, 0.1) is 6.92 Å². The lowest BCUT2D eigenvalue weighted by atomic mass is 10.2. The number of phenols is 1. The number of para-hydroxylation sites is 1. The van der Waals surface area contributed by atoms with E-state index in [0.29, 0.717) is 10.7 Å². The standard InChI is InChI=1S/C23H18N4O3S/c1-15-9-11-16(12-10-15)31-22-18(23(30)27-13-5-4-8-20(27)25-22)14-24-26-21(29)17-6-2-3-7-19(17)28/h2-14,28H,1H3,(H,26,29). The molecule has 0 bridgehead atoms. The zero-order valence-electron chi connectivity index (χ0n) is 16.5. The number of hydrogen-bond donors (Lipinski definition) is 2. The van der Waals surface area contributed by atoms with Crippen LogP contribution < -0.4 is 11.0 Å². The van der Waals surface area contributed by atoms with Crippen LogP contribution in [0.25, 0.3) is 5.65 Å². The lowest BCUT2D eigenvalue weighted by molar-refractivity contribution is 0.0952. The van der Waals surface area contributed by atoms with Crippen molar-refractivity contribution in [1.82, 2.24) is 14.8 Å². The van der Waals surface area contributed by atoms with Gasteiger partial charge in [-0.05, 0) is 43.3 Å². The van der Waals surface area contributed by atoms with Crippen LogP contribution >= 0.6 is 11.8 Å². The lowest BCUT2D eigenvalue weighted by Crippen LogP contribution is -2.23. The molecule has 0 unspecified atom stereocenters. The Morgan fingerprint density at radius 1 is 1.10 bits per heavy atom. The summed E-state index contributed by atoms with van der Waals surface area (Å²) in [7, 11) is 0. The Kier molecular flexibility index (Phi) is 5.81. The maximum Gasteiger partial charge on any atom is 0.275 e. The summed E-state index contributed by atoms with van der Waals surface area (Å²) in [5, 5.41) is 14.2. The Bertz CT molecular complexity index is 1350. The number of rotatable bonds is 5. The number of nitrogens with one attached hydrogen (secondary N) is 1. The second-order valence-electron chi connectivity index (χ2n) is 6.70. The molecule has 1 amide bonds. The van der Waals surface area contributed by atoms with Gasteiger partial charge < -0.3 is 5.11 Å². The topological polar surface area (TPSA) is 96.1 Å². The summed E-state index contributed by atoms with van der Waals surface area (Å²) in [5.41, 5.74) is 4.01. The molecule has 2 N–H and O–H groups in total. The third-order valence-corrected chi connectivity index (χ3v) is 5.49. The van der Waals surface area contributed by atoms with Gasteiger partial charge in [-0.1, -0.05) is 47.7 Å². The molecule has 4 rings (SSSR count). The number of phenolic OH excluding ortho intramolecular Hbond substituents is 1. The molecule has 0 atom stereocenters. The first-order valence-electron chi connectivity index (χ1n) is 9.40. The molecule has 0 aliphatic heterocycles. The number of pyridine rings is 1. The number of aromatic nitrogens is 2. The Morgan fingerprint density at radius 3 is 2.61 bits per heavy atom. The summed E-state index contributed by atoms with van der Waals surface area (Å²) in [4.78, 5) is 30.9. The molecule has 7 nitrogen and oxygen atoms in total. The maximum atomic E-state index is 13.1. The summed E-state index contributed by atoms with van der Waals surface area (Å²) in [6.07, 6.45) is 2.91. The molecular formula is C23H18N4O3S. The number of hydrazone groups is 1. The van der Waals surface area contributed by atoms with E-state index in [-0.39, 0.29) is 22.4 Å². The molecule has 0 saturated carbocycles. The second kappa shape index (κ2) is 8.85. The molecule has 0 aliphatic rings. The van der Waals surface area contributed by atoms with E-state index in [2.05, 4.69) is 15.5 Å². The number of amides is 1. The van der Waals surface area contributed by atoms with Gasteiger partial charge in [0.25, 0.3) is 11.5 Å². The van der Waals surface area contributed by atoms with Gasteiger partial charge in [-0.25, -0.2) is 10.4 Å². The smallest absolute Gasteiger partial charge is 0.275 e. The maximum absolute atomic E-state index is 13.1. The van der Waals surface area contributed by atoms with Gasteiger partial charge in [-0.15, -0.1) is 0 Å². The van der Waals surface area contributed by atoms with Gasteiger partial charge >= 0.3 is 0 Å². The fourth-order valence-corrected chi connectivity index (χ4v) is 3.75. The van der Waals surface area contributed by atoms with Crippen molar-refractivity contribution in [2.45, 2.75) is 16.8 Å². The molecule has 0 aliphatic carbocycles. The molecule has 4 aromatic rings. The van der Waals surface area contributed by atoms with E-state index in [1.165, 1.54) is 34.5 Å². The fraction of sp³-hybridized carbons (Fsp3) is 0.0435. The highest BCUT2D eigenvalue weighted by Gasteiger charge is 2.14. The summed E-state index contributed by atoms with van der Waals surface area (Å²) in [6, 6.07) is 19.3. The van der Waals surface area contributed by atoms with Crippen molar-refractivity contribution in [3.05, 3.63) is 100.0 Å². The SMILES string of the molecule is Cc1ccc(Sc2nc3ccccn3c(=O)c2C=NNC(=O)c2ccccc2O)cc1. The van der Waals surface area contributed by atoms with Crippen molar-refractivity contribution in [1.29, 1.82) is 0 Å². The lowest BCUT2D eigenvalue weighted by Gasteiger charge is -2.08. The number of aromatic hydroxyl groups is 1. The van der Waals surface area contributed by atoms with Crippen molar-refractivity contribution in [2.24, 2.45) is 5.10 Å². The minimum Gasteiger partial charge on any atom is -0.507 e. The van der Waals surface area contributed by atoms with Gasteiger partial charge in [0.1, 0.15) is 16.4 Å². The largest absolute Gasteiger partial charge is 0.507 e. The quantitative estimate of drug-likeness (QED) is 0.286. The van der Waals surface area contributed by atoms with Gasteiger partial charge in [0.15, 0.2) is 0 Å². The Balaban J connectivity index is 1.69. The van der Waals surface area contributed by atoms with Crippen molar-refractivity contribution in [2.75, 3.05) is 0 Å². The van der Waals surface area contributed by atoms with Crippen LogP contribution in [0.1, 0.15) is 21.5 Å². The van der Waals surface area contributed by atoms with E-state index in [4.69, 9.17) is 0 Å². The second-order valence-corrected chi connectivity index (χ2v) is 7.76. The molecular weight excluding hydrogens is 412 g/mol. The number of hydrogen-bond acceptors (Lipinski definition) is 6.